The van der Waals surface area contributed by atoms with Crippen molar-refractivity contribution >= 4 is 17.3 Å². The maximum atomic E-state index is 13.6. The zero-order valence-electron chi connectivity index (χ0n) is 9.71. The molecule has 0 spiro atoms. The standard InChI is InChI=1S/C13H12ClF2NO/c1-2-11(12-4-3-5-18-12)17-13-9(14)6-8(15)7-10(13)16/h3-7,11,17H,2H2,1H3. The molecule has 1 unspecified atom stereocenters. The molecule has 1 heterocycles. The van der Waals surface area contributed by atoms with Gasteiger partial charge in [-0.1, -0.05) is 18.5 Å². The Bertz CT molecular complexity index is 505. The maximum absolute atomic E-state index is 13.6. The lowest BCUT2D eigenvalue weighted by molar-refractivity contribution is 0.472. The van der Waals surface area contributed by atoms with Gasteiger partial charge in [-0.15, -0.1) is 0 Å². The second-order valence-electron chi connectivity index (χ2n) is 3.87. The van der Waals surface area contributed by atoms with Crippen LogP contribution in [-0.2, 0) is 0 Å². The molecule has 0 aliphatic carbocycles. The summed E-state index contributed by atoms with van der Waals surface area (Å²) in [5, 5.41) is 2.94. The second kappa shape index (κ2) is 5.40. The lowest BCUT2D eigenvalue weighted by atomic mass is 10.1. The highest BCUT2D eigenvalue weighted by molar-refractivity contribution is 6.33. The Balaban J connectivity index is 2.28. The highest BCUT2D eigenvalue weighted by Crippen LogP contribution is 2.31. The predicted molar refractivity (Wildman–Crippen MR) is 66.7 cm³/mol. The number of halogens is 3. The Kier molecular flexibility index (Phi) is 3.87. The van der Waals surface area contributed by atoms with E-state index in [0.717, 1.165) is 12.1 Å². The topological polar surface area (TPSA) is 25.2 Å². The van der Waals surface area contributed by atoms with Crippen LogP contribution in [0.5, 0.6) is 0 Å². The third-order valence-electron chi connectivity index (χ3n) is 2.62. The van der Waals surface area contributed by atoms with Crippen LogP contribution in [0.2, 0.25) is 5.02 Å². The molecule has 0 saturated heterocycles. The highest BCUT2D eigenvalue weighted by Gasteiger charge is 2.17. The average Bonchev–Trinajstić information content (AvgIpc) is 2.81. The van der Waals surface area contributed by atoms with Crippen molar-refractivity contribution in [1.29, 1.82) is 0 Å². The van der Waals surface area contributed by atoms with Crippen molar-refractivity contribution in [2.24, 2.45) is 0 Å². The SMILES string of the molecule is CCC(Nc1c(F)cc(F)cc1Cl)c1ccco1. The normalized spacial score (nSPS) is 12.4. The van der Waals surface area contributed by atoms with Crippen LogP contribution < -0.4 is 5.32 Å². The van der Waals surface area contributed by atoms with Crippen molar-refractivity contribution < 1.29 is 13.2 Å². The van der Waals surface area contributed by atoms with E-state index in [1.54, 1.807) is 18.4 Å². The molecule has 18 heavy (non-hydrogen) atoms. The van der Waals surface area contributed by atoms with Crippen molar-refractivity contribution in [2.45, 2.75) is 19.4 Å². The zero-order chi connectivity index (χ0) is 13.1. The molecule has 0 amide bonds. The van der Waals surface area contributed by atoms with Crippen LogP contribution in [0.1, 0.15) is 25.1 Å². The molecule has 5 heteroatoms. The molecule has 2 nitrogen and oxygen atoms in total. The third kappa shape index (κ3) is 2.64. The molecular weight excluding hydrogens is 260 g/mol. The molecule has 1 aromatic carbocycles. The van der Waals surface area contributed by atoms with Crippen LogP contribution in [0.4, 0.5) is 14.5 Å². The molecule has 0 aliphatic heterocycles. The highest BCUT2D eigenvalue weighted by atomic mass is 35.5. The summed E-state index contributed by atoms with van der Waals surface area (Å²) in [6, 6.07) is 5.20. The van der Waals surface area contributed by atoms with Crippen LogP contribution in [-0.4, -0.2) is 0 Å². The van der Waals surface area contributed by atoms with Gasteiger partial charge < -0.3 is 9.73 Å². The van der Waals surface area contributed by atoms with Gasteiger partial charge in [0.1, 0.15) is 11.6 Å². The van der Waals surface area contributed by atoms with Crippen molar-refractivity contribution in [3.05, 3.63) is 52.9 Å². The molecule has 0 radical (unpaired) electrons. The van der Waals surface area contributed by atoms with Gasteiger partial charge >= 0.3 is 0 Å². The van der Waals surface area contributed by atoms with E-state index in [2.05, 4.69) is 5.32 Å². The quantitative estimate of drug-likeness (QED) is 0.866. The van der Waals surface area contributed by atoms with Gasteiger partial charge in [-0.3, -0.25) is 0 Å². The number of rotatable bonds is 4. The zero-order valence-corrected chi connectivity index (χ0v) is 10.5. The van der Waals surface area contributed by atoms with Crippen molar-refractivity contribution in [3.63, 3.8) is 0 Å². The van der Waals surface area contributed by atoms with Crippen LogP contribution in [0.3, 0.4) is 0 Å². The summed E-state index contributed by atoms with van der Waals surface area (Å²) in [5.74, 6) is -0.739. The largest absolute Gasteiger partial charge is 0.467 e. The van der Waals surface area contributed by atoms with Gasteiger partial charge in [0.05, 0.1) is 23.0 Å². The fourth-order valence-electron chi connectivity index (χ4n) is 1.72. The fraction of sp³-hybridized carbons (Fsp3) is 0.231. The average molecular weight is 272 g/mol. The van der Waals surface area contributed by atoms with Crippen LogP contribution in [0.15, 0.2) is 34.9 Å². The molecule has 96 valence electrons. The number of furan rings is 1. The van der Waals surface area contributed by atoms with Gasteiger partial charge in [-0.2, -0.15) is 0 Å². The van der Waals surface area contributed by atoms with Crippen molar-refractivity contribution in [2.75, 3.05) is 5.32 Å². The number of benzene rings is 1. The Labute approximate surface area is 109 Å². The van der Waals surface area contributed by atoms with Crippen LogP contribution in [0.25, 0.3) is 0 Å². The molecule has 1 N–H and O–H groups in total. The first kappa shape index (κ1) is 12.9. The third-order valence-corrected chi connectivity index (χ3v) is 2.92. The monoisotopic (exact) mass is 271 g/mol. The molecule has 0 bridgehead atoms. The Morgan fingerprint density at radius 2 is 2.17 bits per heavy atom. The van der Waals surface area contributed by atoms with Crippen molar-refractivity contribution in [3.8, 4) is 0 Å². The minimum atomic E-state index is -0.718. The number of hydrogen-bond donors (Lipinski definition) is 1. The number of hydrogen-bond acceptors (Lipinski definition) is 2. The van der Waals surface area contributed by atoms with Crippen LogP contribution in [0, 0.1) is 11.6 Å². The van der Waals surface area contributed by atoms with E-state index in [1.807, 2.05) is 6.92 Å². The Morgan fingerprint density at radius 1 is 1.39 bits per heavy atom. The van der Waals surface area contributed by atoms with E-state index in [4.69, 9.17) is 16.0 Å². The van der Waals surface area contributed by atoms with Gasteiger partial charge in [0, 0.05) is 6.07 Å². The van der Waals surface area contributed by atoms with Gasteiger partial charge in [0.15, 0.2) is 5.82 Å². The first-order valence-corrected chi connectivity index (χ1v) is 5.94. The van der Waals surface area contributed by atoms with E-state index in [9.17, 15) is 8.78 Å². The molecule has 2 rings (SSSR count). The van der Waals surface area contributed by atoms with E-state index >= 15 is 0 Å². The van der Waals surface area contributed by atoms with Gasteiger partial charge in [0.2, 0.25) is 0 Å². The first-order chi connectivity index (χ1) is 8.61. The second-order valence-corrected chi connectivity index (χ2v) is 4.27. The summed E-state index contributed by atoms with van der Waals surface area (Å²) < 4.78 is 31.8. The lowest BCUT2D eigenvalue weighted by Crippen LogP contribution is -2.10. The number of nitrogens with one attached hydrogen (secondary N) is 1. The summed E-state index contributed by atoms with van der Waals surface area (Å²) in [7, 11) is 0. The molecular formula is C13H12ClF2NO. The van der Waals surface area contributed by atoms with Gasteiger partial charge in [-0.05, 0) is 24.6 Å². The first-order valence-electron chi connectivity index (χ1n) is 5.56. The molecule has 1 aromatic heterocycles. The Morgan fingerprint density at radius 3 is 2.72 bits per heavy atom. The van der Waals surface area contributed by atoms with E-state index in [-0.39, 0.29) is 16.8 Å². The molecule has 0 aliphatic rings. The minimum absolute atomic E-state index is 0.0116. The van der Waals surface area contributed by atoms with Gasteiger partial charge in [0.25, 0.3) is 0 Å². The van der Waals surface area contributed by atoms with Crippen molar-refractivity contribution in [1.82, 2.24) is 0 Å². The minimum Gasteiger partial charge on any atom is -0.467 e. The summed E-state index contributed by atoms with van der Waals surface area (Å²) in [5.41, 5.74) is 0.0846. The fourth-order valence-corrected chi connectivity index (χ4v) is 1.97. The maximum Gasteiger partial charge on any atom is 0.150 e. The molecule has 0 fully saturated rings. The number of anilines is 1. The van der Waals surface area contributed by atoms with E-state index in [1.165, 1.54) is 0 Å². The molecule has 1 atom stereocenters. The summed E-state index contributed by atoms with van der Waals surface area (Å²) >= 11 is 5.82. The van der Waals surface area contributed by atoms with Crippen LogP contribution >= 0.6 is 11.6 Å². The molecule has 0 saturated carbocycles. The van der Waals surface area contributed by atoms with E-state index in [0.29, 0.717) is 12.2 Å². The summed E-state index contributed by atoms with van der Waals surface area (Å²) in [6.07, 6.45) is 2.23. The lowest BCUT2D eigenvalue weighted by Gasteiger charge is -2.17. The summed E-state index contributed by atoms with van der Waals surface area (Å²) in [6.45, 7) is 1.93. The summed E-state index contributed by atoms with van der Waals surface area (Å²) in [4.78, 5) is 0. The Hall–Kier alpha value is -1.55. The molecule has 2 aromatic rings. The van der Waals surface area contributed by atoms with E-state index < -0.39 is 11.6 Å². The predicted octanol–water partition coefficient (Wildman–Crippen LogP) is 4.77. The van der Waals surface area contributed by atoms with Gasteiger partial charge in [-0.25, -0.2) is 8.78 Å². The smallest absolute Gasteiger partial charge is 0.150 e.